The summed E-state index contributed by atoms with van der Waals surface area (Å²) in [4.78, 5) is 0. The minimum Gasteiger partial charge on any atom is -0.387 e. The normalized spacial score (nSPS) is 12.6. The molecule has 0 amide bonds. The molecule has 2 N–H and O–H groups in total. The highest BCUT2D eigenvalue weighted by Crippen LogP contribution is 2.17. The average Bonchev–Trinajstić information content (AvgIpc) is 2.87. The predicted octanol–water partition coefficient (Wildman–Crippen LogP) is 3.27. The number of rotatable bonds is 6. The lowest BCUT2D eigenvalue weighted by Gasteiger charge is -2.12. The van der Waals surface area contributed by atoms with Gasteiger partial charge in [0.15, 0.2) is 0 Å². The molecule has 0 saturated heterocycles. The minimum absolute atomic E-state index is 0.508. The van der Waals surface area contributed by atoms with Crippen molar-refractivity contribution in [1.82, 2.24) is 5.32 Å². The number of benzene rings is 1. The Bertz CT molecular complexity index is 472. The van der Waals surface area contributed by atoms with Gasteiger partial charge < -0.3 is 10.4 Å². The van der Waals surface area contributed by atoms with Gasteiger partial charge in [0.1, 0.15) is 0 Å². The fraction of sp³-hybridized carbons (Fsp3) is 0.286. The summed E-state index contributed by atoms with van der Waals surface area (Å²) in [5.41, 5.74) is 2.19. The highest BCUT2D eigenvalue weighted by molar-refractivity contribution is 7.07. The van der Waals surface area contributed by atoms with E-state index in [1.165, 1.54) is 5.56 Å². The summed E-state index contributed by atoms with van der Waals surface area (Å²) >= 11 is 7.60. The van der Waals surface area contributed by atoms with Crippen molar-refractivity contribution >= 4 is 22.9 Å². The van der Waals surface area contributed by atoms with Crippen LogP contribution in [0, 0.1) is 0 Å². The maximum Gasteiger partial charge on any atom is 0.0914 e. The van der Waals surface area contributed by atoms with Gasteiger partial charge in [-0.1, -0.05) is 23.7 Å². The van der Waals surface area contributed by atoms with Crippen LogP contribution in [0.2, 0.25) is 5.02 Å². The third-order valence-electron chi connectivity index (χ3n) is 2.74. The van der Waals surface area contributed by atoms with Crippen LogP contribution >= 0.6 is 22.9 Å². The number of hydrogen-bond acceptors (Lipinski definition) is 3. The van der Waals surface area contributed by atoms with E-state index in [-0.39, 0.29) is 0 Å². The number of hydrogen-bond donors (Lipinski definition) is 2. The van der Waals surface area contributed by atoms with Crippen molar-refractivity contribution in [3.63, 3.8) is 0 Å². The van der Waals surface area contributed by atoms with Gasteiger partial charge >= 0.3 is 0 Å². The molecule has 4 heteroatoms. The number of nitrogens with one attached hydrogen (secondary N) is 1. The van der Waals surface area contributed by atoms with Crippen LogP contribution in [0.15, 0.2) is 41.1 Å². The Hall–Kier alpha value is -0.870. The molecular weight excluding hydrogens is 266 g/mol. The molecule has 2 aromatic rings. The second-order valence-corrected chi connectivity index (χ2v) is 5.37. The van der Waals surface area contributed by atoms with Crippen molar-refractivity contribution in [1.29, 1.82) is 0 Å². The Kier molecular flexibility index (Phi) is 5.20. The summed E-state index contributed by atoms with van der Waals surface area (Å²) < 4.78 is 0. The lowest BCUT2D eigenvalue weighted by atomic mass is 10.1. The van der Waals surface area contributed by atoms with Gasteiger partial charge in [-0.2, -0.15) is 11.3 Å². The fourth-order valence-corrected chi connectivity index (χ4v) is 2.64. The van der Waals surface area contributed by atoms with Gasteiger partial charge in [0.25, 0.3) is 0 Å². The second kappa shape index (κ2) is 6.90. The van der Waals surface area contributed by atoms with E-state index in [0.29, 0.717) is 11.6 Å². The molecular formula is C14H16ClNOS. The molecule has 0 aliphatic carbocycles. The molecule has 0 aliphatic heterocycles. The highest BCUT2D eigenvalue weighted by atomic mass is 35.5. The number of halogens is 1. The molecule has 1 atom stereocenters. The van der Waals surface area contributed by atoms with Crippen molar-refractivity contribution in [3.8, 4) is 0 Å². The third kappa shape index (κ3) is 4.10. The molecule has 1 unspecified atom stereocenters. The largest absolute Gasteiger partial charge is 0.387 e. The van der Waals surface area contributed by atoms with Crippen molar-refractivity contribution in [2.24, 2.45) is 0 Å². The summed E-state index contributed by atoms with van der Waals surface area (Å²) in [6.07, 6.45) is 0.484. The van der Waals surface area contributed by atoms with E-state index < -0.39 is 6.10 Å². The van der Waals surface area contributed by atoms with E-state index in [2.05, 4.69) is 22.1 Å². The van der Waals surface area contributed by atoms with Crippen molar-refractivity contribution in [3.05, 3.63) is 57.2 Å². The molecule has 0 bridgehead atoms. The van der Waals surface area contributed by atoms with E-state index in [1.807, 2.05) is 18.2 Å². The zero-order valence-corrected chi connectivity index (χ0v) is 11.5. The van der Waals surface area contributed by atoms with E-state index in [1.54, 1.807) is 17.4 Å². The maximum atomic E-state index is 9.98. The molecule has 2 nitrogen and oxygen atoms in total. The number of thiophene rings is 1. The van der Waals surface area contributed by atoms with Gasteiger partial charge in [-0.15, -0.1) is 0 Å². The maximum absolute atomic E-state index is 9.98. The van der Waals surface area contributed by atoms with Gasteiger partial charge in [0.2, 0.25) is 0 Å². The summed E-state index contributed by atoms with van der Waals surface area (Å²) in [5, 5.41) is 18.1. The first-order chi connectivity index (χ1) is 8.75. The minimum atomic E-state index is -0.508. The van der Waals surface area contributed by atoms with Crippen LogP contribution in [0.3, 0.4) is 0 Å². The van der Waals surface area contributed by atoms with Gasteiger partial charge in [-0.25, -0.2) is 0 Å². The van der Waals surface area contributed by atoms with Crippen LogP contribution in [0.4, 0.5) is 0 Å². The van der Waals surface area contributed by atoms with Crippen LogP contribution in [0.25, 0.3) is 0 Å². The summed E-state index contributed by atoms with van der Waals surface area (Å²) in [7, 11) is 0. The Labute approximate surface area is 116 Å². The molecule has 1 aromatic carbocycles. The van der Waals surface area contributed by atoms with E-state index in [4.69, 9.17) is 11.6 Å². The first-order valence-electron chi connectivity index (χ1n) is 5.91. The Morgan fingerprint density at radius 3 is 2.94 bits per heavy atom. The SMILES string of the molecule is OC(CNCCc1ccsc1)c1cccc(Cl)c1. The van der Waals surface area contributed by atoms with Crippen LogP contribution in [-0.2, 0) is 6.42 Å². The summed E-state index contributed by atoms with van der Waals surface area (Å²) in [5.74, 6) is 0. The topological polar surface area (TPSA) is 32.3 Å². The second-order valence-electron chi connectivity index (χ2n) is 4.16. The molecule has 18 heavy (non-hydrogen) atoms. The fourth-order valence-electron chi connectivity index (χ4n) is 1.74. The van der Waals surface area contributed by atoms with Gasteiger partial charge in [-0.3, -0.25) is 0 Å². The quantitative estimate of drug-likeness (QED) is 0.797. The van der Waals surface area contributed by atoms with Gasteiger partial charge in [0.05, 0.1) is 6.10 Å². The Morgan fingerprint density at radius 2 is 2.22 bits per heavy atom. The number of aliphatic hydroxyl groups is 1. The van der Waals surface area contributed by atoms with Crippen molar-refractivity contribution < 1.29 is 5.11 Å². The highest BCUT2D eigenvalue weighted by Gasteiger charge is 2.06. The zero-order chi connectivity index (χ0) is 12.8. The monoisotopic (exact) mass is 281 g/mol. The lowest BCUT2D eigenvalue weighted by molar-refractivity contribution is 0.175. The molecule has 1 aromatic heterocycles. The van der Waals surface area contributed by atoms with Gasteiger partial charge in [0, 0.05) is 11.6 Å². The first-order valence-corrected chi connectivity index (χ1v) is 7.23. The molecule has 96 valence electrons. The van der Waals surface area contributed by atoms with E-state index >= 15 is 0 Å². The first kappa shape index (κ1) is 13.6. The predicted molar refractivity (Wildman–Crippen MR) is 77.3 cm³/mol. The van der Waals surface area contributed by atoms with Crippen molar-refractivity contribution in [2.75, 3.05) is 13.1 Å². The third-order valence-corrected chi connectivity index (χ3v) is 3.71. The van der Waals surface area contributed by atoms with E-state index in [9.17, 15) is 5.11 Å². The van der Waals surface area contributed by atoms with Crippen LogP contribution < -0.4 is 5.32 Å². The summed E-state index contributed by atoms with van der Waals surface area (Å²) in [6.45, 7) is 1.42. The van der Waals surface area contributed by atoms with Crippen LogP contribution in [0.1, 0.15) is 17.2 Å². The van der Waals surface area contributed by atoms with Crippen LogP contribution in [0.5, 0.6) is 0 Å². The standard InChI is InChI=1S/C14H16ClNOS/c15-13-3-1-2-12(8-13)14(17)9-16-6-4-11-5-7-18-10-11/h1-3,5,7-8,10,14,16-17H,4,6,9H2. The molecule has 2 rings (SSSR count). The van der Waals surface area contributed by atoms with Crippen LogP contribution in [-0.4, -0.2) is 18.2 Å². The molecule has 0 aliphatic rings. The Balaban J connectivity index is 1.73. The molecule has 0 radical (unpaired) electrons. The molecule has 0 spiro atoms. The Morgan fingerprint density at radius 1 is 1.33 bits per heavy atom. The molecule has 0 saturated carbocycles. The summed E-state index contributed by atoms with van der Waals surface area (Å²) in [6, 6.07) is 9.47. The van der Waals surface area contributed by atoms with Crippen molar-refractivity contribution in [2.45, 2.75) is 12.5 Å². The number of aliphatic hydroxyl groups excluding tert-OH is 1. The average molecular weight is 282 g/mol. The molecule has 1 heterocycles. The van der Waals surface area contributed by atoms with Gasteiger partial charge in [-0.05, 0) is 53.1 Å². The zero-order valence-electron chi connectivity index (χ0n) is 9.97. The molecule has 0 fully saturated rings. The smallest absolute Gasteiger partial charge is 0.0914 e. The van der Waals surface area contributed by atoms with E-state index in [0.717, 1.165) is 18.5 Å². The lowest BCUT2D eigenvalue weighted by Crippen LogP contribution is -2.23.